The summed E-state index contributed by atoms with van der Waals surface area (Å²) in [6.07, 6.45) is 3.74. The standard InChI is InChI=1S/C15H22N2O4/c1-11-8-9-13(18)12(10-11)16-14(19)6-4-2-3-5-7-15(20)17-21/h8-10,18,21H,2-7H2,1H3,(H,16,19)(H,17,20). The molecule has 21 heavy (non-hydrogen) atoms. The van der Waals surface area contributed by atoms with Crippen LogP contribution in [0.25, 0.3) is 0 Å². The lowest BCUT2D eigenvalue weighted by atomic mass is 10.1. The zero-order valence-electron chi connectivity index (χ0n) is 12.2. The summed E-state index contributed by atoms with van der Waals surface area (Å²) in [5.41, 5.74) is 2.98. The van der Waals surface area contributed by atoms with E-state index in [1.807, 2.05) is 6.92 Å². The number of phenolic OH excluding ortho intramolecular Hbond substituents is 1. The van der Waals surface area contributed by atoms with Crippen LogP contribution in [0.4, 0.5) is 5.69 Å². The molecule has 2 amide bonds. The quantitative estimate of drug-likeness (QED) is 0.256. The van der Waals surface area contributed by atoms with Crippen molar-refractivity contribution in [3.8, 4) is 5.75 Å². The Morgan fingerprint density at radius 1 is 1.05 bits per heavy atom. The van der Waals surface area contributed by atoms with Crippen LogP contribution < -0.4 is 10.8 Å². The molecule has 0 saturated carbocycles. The summed E-state index contributed by atoms with van der Waals surface area (Å²) in [5, 5.41) is 20.6. The third-order valence-corrected chi connectivity index (χ3v) is 3.11. The molecule has 0 saturated heterocycles. The van der Waals surface area contributed by atoms with Crippen molar-refractivity contribution in [3.63, 3.8) is 0 Å². The van der Waals surface area contributed by atoms with Crippen molar-refractivity contribution >= 4 is 17.5 Å². The molecule has 116 valence electrons. The SMILES string of the molecule is Cc1ccc(O)c(NC(=O)CCCCCCC(=O)NO)c1. The molecule has 6 heteroatoms. The average Bonchev–Trinajstić information content (AvgIpc) is 2.46. The van der Waals surface area contributed by atoms with E-state index in [0.29, 0.717) is 24.9 Å². The Morgan fingerprint density at radius 2 is 1.67 bits per heavy atom. The molecule has 1 aromatic rings. The highest BCUT2D eigenvalue weighted by Crippen LogP contribution is 2.24. The van der Waals surface area contributed by atoms with Crippen LogP contribution in [0.3, 0.4) is 0 Å². The molecule has 0 radical (unpaired) electrons. The van der Waals surface area contributed by atoms with E-state index < -0.39 is 0 Å². The van der Waals surface area contributed by atoms with Crippen LogP contribution in [0.5, 0.6) is 5.75 Å². The smallest absolute Gasteiger partial charge is 0.243 e. The summed E-state index contributed by atoms with van der Waals surface area (Å²) in [4.78, 5) is 22.5. The number of rotatable bonds is 8. The van der Waals surface area contributed by atoms with Crippen molar-refractivity contribution in [1.29, 1.82) is 0 Å². The normalized spacial score (nSPS) is 10.2. The molecule has 0 heterocycles. The van der Waals surface area contributed by atoms with Crippen LogP contribution in [0.15, 0.2) is 18.2 Å². The van der Waals surface area contributed by atoms with Crippen molar-refractivity contribution in [1.82, 2.24) is 5.48 Å². The molecule has 4 N–H and O–H groups in total. The third-order valence-electron chi connectivity index (χ3n) is 3.11. The maximum absolute atomic E-state index is 11.7. The molecule has 1 rings (SSSR count). The van der Waals surface area contributed by atoms with Crippen LogP contribution in [-0.2, 0) is 9.59 Å². The first kappa shape index (κ1) is 17.0. The van der Waals surface area contributed by atoms with E-state index in [0.717, 1.165) is 24.8 Å². The molecule has 0 spiro atoms. The maximum atomic E-state index is 11.7. The number of amides is 2. The van der Waals surface area contributed by atoms with Crippen LogP contribution in [-0.4, -0.2) is 22.1 Å². The zero-order chi connectivity index (χ0) is 15.7. The van der Waals surface area contributed by atoms with Gasteiger partial charge in [0, 0.05) is 12.8 Å². The number of anilines is 1. The highest BCUT2D eigenvalue weighted by Gasteiger charge is 2.06. The lowest BCUT2D eigenvalue weighted by Crippen LogP contribution is -2.17. The van der Waals surface area contributed by atoms with Gasteiger partial charge >= 0.3 is 0 Å². The van der Waals surface area contributed by atoms with Gasteiger partial charge in [-0.15, -0.1) is 0 Å². The Bertz CT molecular complexity index is 489. The highest BCUT2D eigenvalue weighted by atomic mass is 16.5. The summed E-state index contributed by atoms with van der Waals surface area (Å²) in [7, 11) is 0. The molecule has 0 unspecified atom stereocenters. The van der Waals surface area contributed by atoms with Gasteiger partial charge in [-0.05, 0) is 37.5 Å². The number of hydroxylamine groups is 1. The molecule has 6 nitrogen and oxygen atoms in total. The molecule has 1 aromatic carbocycles. The Kier molecular flexibility index (Phi) is 7.25. The van der Waals surface area contributed by atoms with E-state index >= 15 is 0 Å². The molecule has 0 bridgehead atoms. The number of hydrogen-bond acceptors (Lipinski definition) is 4. The number of carbonyl (C=O) groups is 2. The first-order valence-corrected chi connectivity index (χ1v) is 7.05. The van der Waals surface area contributed by atoms with Gasteiger partial charge in [0.2, 0.25) is 11.8 Å². The number of phenols is 1. The lowest BCUT2D eigenvalue weighted by Gasteiger charge is -2.08. The van der Waals surface area contributed by atoms with Gasteiger partial charge in [0.25, 0.3) is 0 Å². The molecule has 0 aromatic heterocycles. The van der Waals surface area contributed by atoms with Gasteiger partial charge in [-0.2, -0.15) is 0 Å². The van der Waals surface area contributed by atoms with Crippen molar-refractivity contribution in [2.75, 3.05) is 5.32 Å². The van der Waals surface area contributed by atoms with Crippen LogP contribution in [0, 0.1) is 6.92 Å². The number of aryl methyl sites for hydroxylation is 1. The largest absolute Gasteiger partial charge is 0.506 e. The van der Waals surface area contributed by atoms with Gasteiger partial charge in [0.15, 0.2) is 0 Å². The minimum Gasteiger partial charge on any atom is -0.506 e. The molecule has 0 aliphatic rings. The maximum Gasteiger partial charge on any atom is 0.243 e. The summed E-state index contributed by atoms with van der Waals surface area (Å²) in [5.74, 6) is -0.462. The molecular formula is C15H22N2O4. The second-order valence-corrected chi connectivity index (χ2v) is 5.02. The van der Waals surface area contributed by atoms with Crippen molar-refractivity contribution in [2.24, 2.45) is 0 Å². The molecule has 0 fully saturated rings. The zero-order valence-corrected chi connectivity index (χ0v) is 12.2. The van der Waals surface area contributed by atoms with Crippen LogP contribution in [0.1, 0.15) is 44.1 Å². The van der Waals surface area contributed by atoms with Gasteiger partial charge in [-0.1, -0.05) is 18.9 Å². The molecule has 0 aliphatic carbocycles. The Balaban J connectivity index is 2.20. The predicted molar refractivity (Wildman–Crippen MR) is 79.1 cm³/mol. The van der Waals surface area contributed by atoms with Gasteiger partial charge in [-0.25, -0.2) is 5.48 Å². The number of nitrogens with one attached hydrogen (secondary N) is 2. The molecule has 0 atom stereocenters. The second kappa shape index (κ2) is 8.97. The van der Waals surface area contributed by atoms with E-state index in [9.17, 15) is 14.7 Å². The van der Waals surface area contributed by atoms with E-state index in [2.05, 4.69) is 5.32 Å². The van der Waals surface area contributed by atoms with E-state index in [1.54, 1.807) is 23.7 Å². The highest BCUT2D eigenvalue weighted by molar-refractivity contribution is 5.92. The number of unbranched alkanes of at least 4 members (excludes halogenated alkanes) is 3. The van der Waals surface area contributed by atoms with Gasteiger partial charge in [-0.3, -0.25) is 14.8 Å². The second-order valence-electron chi connectivity index (χ2n) is 5.02. The summed E-state index contributed by atoms with van der Waals surface area (Å²) < 4.78 is 0. The number of aromatic hydroxyl groups is 1. The first-order valence-electron chi connectivity index (χ1n) is 7.05. The molecular weight excluding hydrogens is 272 g/mol. The van der Waals surface area contributed by atoms with Crippen LogP contribution >= 0.6 is 0 Å². The topological polar surface area (TPSA) is 98.7 Å². The monoisotopic (exact) mass is 294 g/mol. The molecule has 0 aliphatic heterocycles. The Morgan fingerprint density at radius 3 is 2.29 bits per heavy atom. The first-order chi connectivity index (χ1) is 10.0. The summed E-state index contributed by atoms with van der Waals surface area (Å²) in [6.45, 7) is 1.89. The fourth-order valence-corrected chi connectivity index (χ4v) is 1.94. The van der Waals surface area contributed by atoms with E-state index in [4.69, 9.17) is 5.21 Å². The number of carbonyl (C=O) groups excluding carboxylic acids is 2. The van der Waals surface area contributed by atoms with Crippen LogP contribution in [0.2, 0.25) is 0 Å². The lowest BCUT2D eigenvalue weighted by molar-refractivity contribution is -0.129. The van der Waals surface area contributed by atoms with Gasteiger partial charge < -0.3 is 10.4 Å². The van der Waals surface area contributed by atoms with Gasteiger partial charge in [0.05, 0.1) is 5.69 Å². The van der Waals surface area contributed by atoms with Crippen molar-refractivity contribution in [2.45, 2.75) is 45.4 Å². The summed E-state index contributed by atoms with van der Waals surface area (Å²) in [6, 6.07) is 5.05. The predicted octanol–water partition coefficient (Wildman–Crippen LogP) is 2.49. The Hall–Kier alpha value is -2.08. The van der Waals surface area contributed by atoms with Crippen molar-refractivity contribution < 1.29 is 19.9 Å². The third kappa shape index (κ3) is 6.76. The average molecular weight is 294 g/mol. The number of benzene rings is 1. The fraction of sp³-hybridized carbons (Fsp3) is 0.467. The minimum absolute atomic E-state index is 0.0592. The summed E-state index contributed by atoms with van der Waals surface area (Å²) >= 11 is 0. The number of hydrogen-bond donors (Lipinski definition) is 4. The Labute approximate surface area is 124 Å². The van der Waals surface area contributed by atoms with Crippen molar-refractivity contribution in [3.05, 3.63) is 23.8 Å². The van der Waals surface area contributed by atoms with E-state index in [-0.39, 0.29) is 17.6 Å². The minimum atomic E-state index is -0.386. The fourth-order valence-electron chi connectivity index (χ4n) is 1.94. The van der Waals surface area contributed by atoms with Gasteiger partial charge in [0.1, 0.15) is 5.75 Å². The van der Waals surface area contributed by atoms with E-state index in [1.165, 1.54) is 0 Å².